The van der Waals surface area contributed by atoms with Crippen molar-refractivity contribution in [3.05, 3.63) is 46.4 Å². The predicted octanol–water partition coefficient (Wildman–Crippen LogP) is 5.24. The fraction of sp³-hybridized carbons (Fsp3) is 0.467. The molecular formula is C30H32N2O5S. The molecule has 0 spiro atoms. The fourth-order valence-corrected chi connectivity index (χ4v) is 8.89. The number of carbonyl (C=O) groups excluding carboxylic acids is 1. The van der Waals surface area contributed by atoms with Gasteiger partial charge in [0.15, 0.2) is 5.17 Å². The molecule has 1 saturated heterocycles. The highest BCUT2D eigenvalue weighted by atomic mass is 32.2. The first-order valence-electron chi connectivity index (χ1n) is 13.6. The number of nitrogens with zero attached hydrogens (tertiary/aromatic N) is 2. The third-order valence-electron chi connectivity index (χ3n) is 9.24. The summed E-state index contributed by atoms with van der Waals surface area (Å²) in [6, 6.07) is 8.64. The van der Waals surface area contributed by atoms with Crippen molar-refractivity contribution < 1.29 is 24.9 Å². The smallest absolute Gasteiger partial charge is 0.286 e. The standard InChI is InChI=1S/C30H32N2O5S/c33-24-2-1-20(11-23(24)30-14-17-7-18(15-30)9-19(8-17)16-30)22-10-21(25(34)13-26(22)35)12-27-28(36)31-29(38-27)32-3-5-37-6-4-32/h1-2,10-13,17-19,33-35H,3-9,14-16H2. The molecule has 2 aromatic rings. The van der Waals surface area contributed by atoms with E-state index in [9.17, 15) is 20.1 Å². The number of aromatic hydroxyl groups is 3. The van der Waals surface area contributed by atoms with Crippen LogP contribution in [-0.4, -0.2) is 57.6 Å². The van der Waals surface area contributed by atoms with Crippen molar-refractivity contribution in [1.29, 1.82) is 0 Å². The van der Waals surface area contributed by atoms with E-state index in [2.05, 4.69) is 4.99 Å². The van der Waals surface area contributed by atoms with Crippen molar-refractivity contribution in [1.82, 2.24) is 4.90 Å². The van der Waals surface area contributed by atoms with Crippen molar-refractivity contribution in [2.24, 2.45) is 22.7 Å². The van der Waals surface area contributed by atoms with Crippen LogP contribution in [0.4, 0.5) is 0 Å². The zero-order valence-corrected chi connectivity index (χ0v) is 22.0. The molecular weight excluding hydrogens is 500 g/mol. The number of hydrogen-bond donors (Lipinski definition) is 3. The number of hydrogen-bond acceptors (Lipinski definition) is 7. The molecule has 4 aliphatic carbocycles. The molecule has 8 heteroatoms. The van der Waals surface area contributed by atoms with E-state index in [0.717, 1.165) is 48.1 Å². The lowest BCUT2D eigenvalue weighted by Crippen LogP contribution is -2.48. The molecule has 8 rings (SSSR count). The second-order valence-electron chi connectivity index (χ2n) is 11.8. The highest BCUT2D eigenvalue weighted by Crippen LogP contribution is 2.62. The summed E-state index contributed by atoms with van der Waals surface area (Å²) in [5.41, 5.74) is 2.79. The van der Waals surface area contributed by atoms with Crippen LogP contribution in [0.5, 0.6) is 17.2 Å². The van der Waals surface area contributed by atoms with Gasteiger partial charge in [-0.2, -0.15) is 4.99 Å². The number of phenols is 3. The average Bonchev–Trinajstić information content (AvgIpc) is 3.26. The van der Waals surface area contributed by atoms with Crippen LogP contribution < -0.4 is 0 Å². The van der Waals surface area contributed by atoms with Gasteiger partial charge in [0.05, 0.1) is 18.1 Å². The topological polar surface area (TPSA) is 103 Å². The summed E-state index contributed by atoms with van der Waals surface area (Å²) in [6.07, 6.45) is 8.99. The van der Waals surface area contributed by atoms with Crippen LogP contribution in [0.2, 0.25) is 0 Å². The summed E-state index contributed by atoms with van der Waals surface area (Å²) in [5.74, 6) is 2.09. The number of aliphatic imine (C=N–C) groups is 1. The first-order chi connectivity index (χ1) is 18.4. The Hall–Kier alpha value is -2.97. The second-order valence-corrected chi connectivity index (χ2v) is 12.8. The third-order valence-corrected chi connectivity index (χ3v) is 10.3. The van der Waals surface area contributed by atoms with E-state index in [1.165, 1.54) is 37.1 Å². The van der Waals surface area contributed by atoms with Gasteiger partial charge in [0.1, 0.15) is 17.2 Å². The lowest BCUT2D eigenvalue weighted by Gasteiger charge is -2.57. The molecule has 198 valence electrons. The number of phenolic OH excluding ortho intramolecular Hbond substituents is 3. The van der Waals surface area contributed by atoms with E-state index >= 15 is 0 Å². The number of carbonyl (C=O) groups is 1. The Morgan fingerprint density at radius 3 is 2.29 bits per heavy atom. The molecule has 3 N–H and O–H groups in total. The fourth-order valence-electron chi connectivity index (χ4n) is 7.94. The summed E-state index contributed by atoms with van der Waals surface area (Å²) in [6.45, 7) is 2.58. The Morgan fingerprint density at radius 2 is 1.61 bits per heavy atom. The number of amides is 1. The number of thioether (sulfide) groups is 1. The molecule has 6 aliphatic rings. The van der Waals surface area contributed by atoms with Gasteiger partial charge in [-0.15, -0.1) is 0 Å². The molecule has 4 bridgehead atoms. The monoisotopic (exact) mass is 532 g/mol. The van der Waals surface area contributed by atoms with Crippen molar-refractivity contribution >= 4 is 28.9 Å². The van der Waals surface area contributed by atoms with Crippen LogP contribution in [0, 0.1) is 17.8 Å². The Bertz CT molecular complexity index is 1340. The normalized spacial score (nSPS) is 31.3. The van der Waals surface area contributed by atoms with Gasteiger partial charge >= 0.3 is 0 Å². The van der Waals surface area contributed by atoms with Crippen LogP contribution in [-0.2, 0) is 14.9 Å². The molecule has 4 saturated carbocycles. The molecule has 1 amide bonds. The molecule has 5 fully saturated rings. The van der Waals surface area contributed by atoms with Crippen LogP contribution in [0.3, 0.4) is 0 Å². The van der Waals surface area contributed by atoms with Crippen LogP contribution >= 0.6 is 11.8 Å². The Balaban J connectivity index is 1.21. The maximum absolute atomic E-state index is 12.7. The van der Waals surface area contributed by atoms with E-state index in [-0.39, 0.29) is 22.8 Å². The van der Waals surface area contributed by atoms with Crippen LogP contribution in [0.25, 0.3) is 17.2 Å². The van der Waals surface area contributed by atoms with E-state index in [0.29, 0.717) is 53.3 Å². The maximum Gasteiger partial charge on any atom is 0.286 e. The molecule has 2 heterocycles. The molecule has 2 aliphatic heterocycles. The lowest BCUT2D eigenvalue weighted by molar-refractivity contribution is -0.113. The highest BCUT2D eigenvalue weighted by molar-refractivity contribution is 8.18. The Morgan fingerprint density at radius 1 is 0.921 bits per heavy atom. The molecule has 0 unspecified atom stereocenters. The first-order valence-corrected chi connectivity index (χ1v) is 14.4. The predicted molar refractivity (Wildman–Crippen MR) is 147 cm³/mol. The Kier molecular flexibility index (Phi) is 5.74. The highest BCUT2D eigenvalue weighted by Gasteiger charge is 2.52. The van der Waals surface area contributed by atoms with Crippen molar-refractivity contribution in [2.75, 3.05) is 26.3 Å². The maximum atomic E-state index is 12.7. The molecule has 0 aromatic heterocycles. The summed E-state index contributed by atoms with van der Waals surface area (Å²) in [5, 5.41) is 33.1. The number of rotatable bonds is 3. The summed E-state index contributed by atoms with van der Waals surface area (Å²) >= 11 is 1.30. The van der Waals surface area contributed by atoms with E-state index in [4.69, 9.17) is 4.74 Å². The van der Waals surface area contributed by atoms with Gasteiger partial charge in [0.2, 0.25) is 0 Å². The summed E-state index contributed by atoms with van der Waals surface area (Å²) in [7, 11) is 0. The lowest BCUT2D eigenvalue weighted by atomic mass is 9.48. The number of ether oxygens (including phenoxy) is 1. The van der Waals surface area contributed by atoms with E-state index in [1.807, 2.05) is 17.0 Å². The van der Waals surface area contributed by atoms with Crippen LogP contribution in [0.1, 0.15) is 49.7 Å². The van der Waals surface area contributed by atoms with E-state index < -0.39 is 0 Å². The van der Waals surface area contributed by atoms with Crippen molar-refractivity contribution in [3.63, 3.8) is 0 Å². The molecule has 0 radical (unpaired) electrons. The summed E-state index contributed by atoms with van der Waals surface area (Å²) < 4.78 is 5.40. The minimum atomic E-state index is -0.334. The van der Waals surface area contributed by atoms with Gasteiger partial charge in [0.25, 0.3) is 5.91 Å². The number of morpholine rings is 1. The Labute approximate surface area is 226 Å². The molecule has 0 atom stereocenters. The van der Waals surface area contributed by atoms with Gasteiger partial charge < -0.3 is 25.0 Å². The SMILES string of the molecule is O=C1N=C(N2CCOCC2)SC1=Cc1cc(-c2ccc(O)c(C34CC5CC(CC(C5)C3)C4)c2)c(O)cc1O. The minimum Gasteiger partial charge on any atom is -0.508 e. The van der Waals surface area contributed by atoms with Gasteiger partial charge in [-0.05, 0) is 103 Å². The number of amidine groups is 1. The zero-order chi connectivity index (χ0) is 26.0. The average molecular weight is 533 g/mol. The second kappa shape index (κ2) is 9.06. The molecule has 38 heavy (non-hydrogen) atoms. The zero-order valence-electron chi connectivity index (χ0n) is 21.2. The minimum absolute atomic E-state index is 0.00628. The van der Waals surface area contributed by atoms with Gasteiger partial charge in [-0.1, -0.05) is 6.07 Å². The van der Waals surface area contributed by atoms with Gasteiger partial charge in [-0.3, -0.25) is 4.79 Å². The van der Waals surface area contributed by atoms with Crippen molar-refractivity contribution in [2.45, 2.75) is 43.9 Å². The van der Waals surface area contributed by atoms with Crippen molar-refractivity contribution in [3.8, 4) is 28.4 Å². The molecule has 2 aromatic carbocycles. The van der Waals surface area contributed by atoms with E-state index in [1.54, 1.807) is 18.2 Å². The largest absolute Gasteiger partial charge is 0.508 e. The van der Waals surface area contributed by atoms with Gasteiger partial charge in [0, 0.05) is 35.8 Å². The third kappa shape index (κ3) is 4.09. The van der Waals surface area contributed by atoms with Gasteiger partial charge in [-0.25, -0.2) is 0 Å². The quantitative estimate of drug-likeness (QED) is 0.465. The molecule has 7 nitrogen and oxygen atoms in total. The van der Waals surface area contributed by atoms with Crippen LogP contribution in [0.15, 0.2) is 40.2 Å². The number of benzene rings is 2. The first kappa shape index (κ1) is 24.1. The summed E-state index contributed by atoms with van der Waals surface area (Å²) in [4.78, 5) is 19.3.